The van der Waals surface area contributed by atoms with Crippen molar-refractivity contribution >= 4 is 28.8 Å². The van der Waals surface area contributed by atoms with Gasteiger partial charge in [0, 0.05) is 12.1 Å². The standard InChI is InChI=1S/C10H4ClF3N4O2/c11-9-8(18(19)20)10(16-3-15-9)17-7-2-5(13)4(12)1-6(7)14/h1-3H,(H,15,16,17). The Kier molecular flexibility index (Phi) is 3.70. The van der Waals surface area contributed by atoms with E-state index >= 15 is 0 Å². The van der Waals surface area contributed by atoms with Crippen molar-refractivity contribution < 1.29 is 18.1 Å². The topological polar surface area (TPSA) is 81.0 Å². The van der Waals surface area contributed by atoms with Crippen LogP contribution in [0.2, 0.25) is 5.15 Å². The van der Waals surface area contributed by atoms with Gasteiger partial charge in [0.2, 0.25) is 11.0 Å². The molecule has 1 aromatic heterocycles. The molecule has 0 spiro atoms. The molecule has 104 valence electrons. The van der Waals surface area contributed by atoms with Crippen LogP contribution in [0.5, 0.6) is 0 Å². The Morgan fingerprint density at radius 1 is 1.15 bits per heavy atom. The molecular weight excluding hydrogens is 301 g/mol. The van der Waals surface area contributed by atoms with Crippen LogP contribution in [-0.4, -0.2) is 14.9 Å². The molecule has 0 atom stereocenters. The Hall–Kier alpha value is -2.42. The molecule has 2 aromatic rings. The molecule has 1 N–H and O–H groups in total. The highest BCUT2D eigenvalue weighted by Gasteiger charge is 2.23. The van der Waals surface area contributed by atoms with E-state index in [9.17, 15) is 23.3 Å². The Morgan fingerprint density at radius 2 is 1.80 bits per heavy atom. The van der Waals surface area contributed by atoms with Gasteiger partial charge in [0.1, 0.15) is 12.1 Å². The maximum Gasteiger partial charge on any atom is 0.348 e. The van der Waals surface area contributed by atoms with Crippen molar-refractivity contribution in [1.29, 1.82) is 0 Å². The van der Waals surface area contributed by atoms with Crippen LogP contribution in [0, 0.1) is 27.6 Å². The lowest BCUT2D eigenvalue weighted by molar-refractivity contribution is -0.384. The van der Waals surface area contributed by atoms with E-state index in [-0.39, 0.29) is 0 Å². The van der Waals surface area contributed by atoms with E-state index in [0.29, 0.717) is 12.1 Å². The highest BCUT2D eigenvalue weighted by Crippen LogP contribution is 2.31. The minimum Gasteiger partial charge on any atom is -0.332 e. The molecule has 20 heavy (non-hydrogen) atoms. The molecule has 1 heterocycles. The molecule has 0 aliphatic carbocycles. The summed E-state index contributed by atoms with van der Waals surface area (Å²) in [5.74, 6) is -4.30. The molecule has 6 nitrogen and oxygen atoms in total. The third-order valence-corrected chi connectivity index (χ3v) is 2.50. The quantitative estimate of drug-likeness (QED) is 0.407. The van der Waals surface area contributed by atoms with Crippen LogP contribution in [0.3, 0.4) is 0 Å². The van der Waals surface area contributed by atoms with Crippen LogP contribution in [0.15, 0.2) is 18.5 Å². The molecule has 2 rings (SSSR count). The average Bonchev–Trinajstić information content (AvgIpc) is 2.35. The van der Waals surface area contributed by atoms with Crippen molar-refractivity contribution in [2.45, 2.75) is 0 Å². The maximum atomic E-state index is 13.4. The van der Waals surface area contributed by atoms with Crippen molar-refractivity contribution in [2.75, 3.05) is 5.32 Å². The van der Waals surface area contributed by atoms with E-state index in [2.05, 4.69) is 15.3 Å². The highest BCUT2D eigenvalue weighted by molar-refractivity contribution is 6.31. The normalized spacial score (nSPS) is 10.4. The molecule has 0 bridgehead atoms. The summed E-state index contributed by atoms with van der Waals surface area (Å²) in [6, 6.07) is 0.802. The Balaban J connectivity index is 2.48. The van der Waals surface area contributed by atoms with Crippen LogP contribution in [0.4, 0.5) is 30.4 Å². The van der Waals surface area contributed by atoms with E-state index in [1.165, 1.54) is 0 Å². The highest BCUT2D eigenvalue weighted by atomic mass is 35.5. The number of aromatic nitrogens is 2. The third-order valence-electron chi connectivity index (χ3n) is 2.22. The van der Waals surface area contributed by atoms with Crippen molar-refractivity contribution in [3.8, 4) is 0 Å². The Bertz CT molecular complexity index is 698. The molecule has 1 aromatic carbocycles. The number of rotatable bonds is 3. The van der Waals surface area contributed by atoms with E-state index in [0.717, 1.165) is 6.33 Å². The van der Waals surface area contributed by atoms with Gasteiger partial charge in [-0.3, -0.25) is 10.1 Å². The minimum atomic E-state index is -1.39. The van der Waals surface area contributed by atoms with Crippen molar-refractivity contribution in [1.82, 2.24) is 9.97 Å². The van der Waals surface area contributed by atoms with E-state index in [4.69, 9.17) is 11.6 Å². The number of benzene rings is 1. The summed E-state index contributed by atoms with van der Waals surface area (Å²) in [6.45, 7) is 0. The first-order valence-electron chi connectivity index (χ1n) is 4.96. The summed E-state index contributed by atoms with van der Waals surface area (Å²) in [4.78, 5) is 16.8. The first-order valence-corrected chi connectivity index (χ1v) is 5.34. The first-order chi connectivity index (χ1) is 9.40. The monoisotopic (exact) mass is 304 g/mol. The lowest BCUT2D eigenvalue weighted by atomic mass is 10.2. The predicted molar refractivity (Wildman–Crippen MR) is 63.3 cm³/mol. The summed E-state index contributed by atoms with van der Waals surface area (Å²) < 4.78 is 39.2. The third kappa shape index (κ3) is 2.62. The van der Waals surface area contributed by atoms with Gasteiger partial charge in [-0.2, -0.15) is 0 Å². The number of nitrogens with zero attached hydrogens (tertiary/aromatic N) is 3. The summed E-state index contributed by atoms with van der Waals surface area (Å²) in [5.41, 5.74) is -1.24. The lowest BCUT2D eigenvalue weighted by Gasteiger charge is -2.07. The molecule has 0 unspecified atom stereocenters. The van der Waals surface area contributed by atoms with Crippen molar-refractivity contribution in [2.24, 2.45) is 0 Å². The lowest BCUT2D eigenvalue weighted by Crippen LogP contribution is -2.03. The zero-order chi connectivity index (χ0) is 14.9. The van der Waals surface area contributed by atoms with Gasteiger partial charge in [0.25, 0.3) is 0 Å². The zero-order valence-corrected chi connectivity index (χ0v) is 10.2. The Labute approximate surface area is 114 Å². The summed E-state index contributed by atoms with van der Waals surface area (Å²) >= 11 is 5.53. The van der Waals surface area contributed by atoms with Gasteiger partial charge in [-0.05, 0) is 0 Å². The van der Waals surface area contributed by atoms with E-state index in [1.807, 2.05) is 0 Å². The molecule has 0 aliphatic heterocycles. The average molecular weight is 305 g/mol. The van der Waals surface area contributed by atoms with Crippen LogP contribution in [-0.2, 0) is 0 Å². The number of hydrogen-bond acceptors (Lipinski definition) is 5. The molecule has 0 aliphatic rings. The minimum absolute atomic E-state index is 0.298. The van der Waals surface area contributed by atoms with Gasteiger partial charge in [0.15, 0.2) is 11.6 Å². The number of nitro groups is 1. The summed E-state index contributed by atoms with van der Waals surface area (Å²) in [7, 11) is 0. The molecule has 0 fully saturated rings. The van der Waals surface area contributed by atoms with Gasteiger partial charge >= 0.3 is 5.69 Å². The zero-order valence-electron chi connectivity index (χ0n) is 9.40. The van der Waals surface area contributed by atoms with Crippen LogP contribution >= 0.6 is 11.6 Å². The van der Waals surface area contributed by atoms with E-state index < -0.39 is 44.7 Å². The second kappa shape index (κ2) is 5.29. The Morgan fingerprint density at radius 3 is 2.45 bits per heavy atom. The largest absolute Gasteiger partial charge is 0.348 e. The second-order valence-corrected chi connectivity index (χ2v) is 3.85. The summed E-state index contributed by atoms with van der Waals surface area (Å²) in [6.07, 6.45) is 0.898. The van der Waals surface area contributed by atoms with Gasteiger partial charge in [-0.25, -0.2) is 23.1 Å². The molecule has 0 radical (unpaired) electrons. The van der Waals surface area contributed by atoms with Crippen LogP contribution < -0.4 is 5.32 Å². The molecule has 10 heteroatoms. The SMILES string of the molecule is O=[N+]([O-])c1c(Cl)ncnc1Nc1cc(F)c(F)cc1F. The fraction of sp³-hybridized carbons (Fsp3) is 0. The molecular formula is C10H4ClF3N4O2. The molecule has 0 amide bonds. The van der Waals surface area contributed by atoms with Gasteiger partial charge < -0.3 is 5.32 Å². The van der Waals surface area contributed by atoms with E-state index in [1.54, 1.807) is 0 Å². The van der Waals surface area contributed by atoms with Gasteiger partial charge in [-0.15, -0.1) is 0 Å². The van der Waals surface area contributed by atoms with Crippen LogP contribution in [0.1, 0.15) is 0 Å². The predicted octanol–water partition coefficient (Wildman–Crippen LogP) is 3.20. The summed E-state index contributed by atoms with van der Waals surface area (Å²) in [5, 5.41) is 12.5. The number of hydrogen-bond donors (Lipinski definition) is 1. The number of nitrogens with one attached hydrogen (secondary N) is 1. The molecule has 0 saturated carbocycles. The fourth-order valence-electron chi connectivity index (χ4n) is 1.36. The molecule has 0 saturated heterocycles. The number of halogens is 4. The second-order valence-electron chi connectivity index (χ2n) is 3.49. The fourth-order valence-corrected chi connectivity index (χ4v) is 1.56. The van der Waals surface area contributed by atoms with Crippen molar-refractivity contribution in [3.05, 3.63) is 51.2 Å². The van der Waals surface area contributed by atoms with Crippen LogP contribution in [0.25, 0.3) is 0 Å². The van der Waals surface area contributed by atoms with Gasteiger partial charge in [-0.1, -0.05) is 11.6 Å². The number of anilines is 2. The van der Waals surface area contributed by atoms with Gasteiger partial charge in [0.05, 0.1) is 10.6 Å². The van der Waals surface area contributed by atoms with Crippen molar-refractivity contribution in [3.63, 3.8) is 0 Å². The maximum absolute atomic E-state index is 13.4. The first kappa shape index (κ1) is 14.0. The smallest absolute Gasteiger partial charge is 0.332 e.